The van der Waals surface area contributed by atoms with Gasteiger partial charge in [-0.15, -0.1) is 0 Å². The molecule has 2 heterocycles. The van der Waals surface area contributed by atoms with Gasteiger partial charge in [-0.2, -0.15) is 5.10 Å². The third-order valence-corrected chi connectivity index (χ3v) is 5.59. The van der Waals surface area contributed by atoms with E-state index in [4.69, 9.17) is 9.62 Å². The predicted molar refractivity (Wildman–Crippen MR) is 119 cm³/mol. The summed E-state index contributed by atoms with van der Waals surface area (Å²) in [6.07, 6.45) is 3.68. The summed E-state index contributed by atoms with van der Waals surface area (Å²) in [5, 5.41) is 14.7. The highest BCUT2D eigenvalue weighted by molar-refractivity contribution is 5.91. The van der Waals surface area contributed by atoms with Crippen molar-refractivity contribution >= 4 is 17.6 Å². The zero-order valence-corrected chi connectivity index (χ0v) is 19.5. The van der Waals surface area contributed by atoms with Gasteiger partial charge in [0.15, 0.2) is 0 Å². The van der Waals surface area contributed by atoms with E-state index < -0.39 is 0 Å². The molecule has 8 nitrogen and oxygen atoms in total. The Kier molecular flexibility index (Phi) is 6.86. The minimum atomic E-state index is -0.280. The van der Waals surface area contributed by atoms with Crippen LogP contribution in [0.2, 0.25) is 0 Å². The predicted octanol–water partition coefficient (Wildman–Crippen LogP) is 3.91. The highest BCUT2D eigenvalue weighted by atomic mass is 16.5. The Labute approximate surface area is 184 Å². The van der Waals surface area contributed by atoms with Gasteiger partial charge in [0.25, 0.3) is 0 Å². The molecule has 0 radical (unpaired) electrons. The fourth-order valence-electron chi connectivity index (χ4n) is 4.10. The number of hydrogen-bond acceptors (Lipinski definition) is 5. The molecular weight excluding hydrogens is 394 g/mol. The first-order valence-electron chi connectivity index (χ1n) is 11.2. The molecule has 170 valence electrons. The van der Waals surface area contributed by atoms with Gasteiger partial charge in [0.05, 0.1) is 23.3 Å². The number of carbonyl (C=O) groups excluding carboxylic acids is 2. The van der Waals surface area contributed by atoms with Crippen molar-refractivity contribution in [2.45, 2.75) is 91.1 Å². The van der Waals surface area contributed by atoms with Crippen LogP contribution in [0.1, 0.15) is 83.4 Å². The van der Waals surface area contributed by atoms with E-state index in [0.29, 0.717) is 17.5 Å². The summed E-state index contributed by atoms with van der Waals surface area (Å²) in [5.74, 6) is 1.58. The fraction of sp³-hybridized carbons (Fsp3) is 0.652. The van der Waals surface area contributed by atoms with Gasteiger partial charge in [-0.1, -0.05) is 5.16 Å². The second kappa shape index (κ2) is 9.24. The van der Waals surface area contributed by atoms with Crippen LogP contribution < -0.4 is 10.6 Å². The molecule has 0 bridgehead atoms. The van der Waals surface area contributed by atoms with E-state index in [2.05, 4.69) is 36.6 Å². The quantitative estimate of drug-likeness (QED) is 0.725. The van der Waals surface area contributed by atoms with Crippen LogP contribution in [-0.2, 0) is 21.5 Å². The Morgan fingerprint density at radius 1 is 1.19 bits per heavy atom. The molecule has 2 N–H and O–H groups in total. The van der Waals surface area contributed by atoms with Crippen LogP contribution >= 0.6 is 0 Å². The van der Waals surface area contributed by atoms with Crippen molar-refractivity contribution in [2.24, 2.45) is 5.92 Å². The van der Waals surface area contributed by atoms with Gasteiger partial charge >= 0.3 is 0 Å². The molecule has 31 heavy (non-hydrogen) atoms. The summed E-state index contributed by atoms with van der Waals surface area (Å²) in [4.78, 5) is 24.9. The Hall–Kier alpha value is -2.64. The van der Waals surface area contributed by atoms with Crippen molar-refractivity contribution in [2.75, 3.05) is 5.32 Å². The number of aryl methyl sites for hydroxylation is 1. The number of rotatable bonds is 6. The van der Waals surface area contributed by atoms with E-state index >= 15 is 0 Å². The van der Waals surface area contributed by atoms with Gasteiger partial charge in [-0.05, 0) is 67.2 Å². The molecular formula is C23H35N5O3. The minimum Gasteiger partial charge on any atom is -0.361 e. The standard InChI is InChI=1S/C23H35N5O3/c1-14(2)24-22(30)17-9-7-16(8-10-17)19-13-20(28(26-19)23(4,5)6)25-21(29)12-18-11-15(3)27-31-18/h11,13-14,16-17H,7-10,12H2,1-6H3,(H,24,30)(H,25,29). The Morgan fingerprint density at radius 2 is 1.87 bits per heavy atom. The number of nitrogens with zero attached hydrogens (tertiary/aromatic N) is 3. The molecule has 2 amide bonds. The molecule has 1 aliphatic rings. The lowest BCUT2D eigenvalue weighted by Crippen LogP contribution is -2.37. The van der Waals surface area contributed by atoms with Crippen LogP contribution in [0.5, 0.6) is 0 Å². The summed E-state index contributed by atoms with van der Waals surface area (Å²) in [5.41, 5.74) is 1.45. The Morgan fingerprint density at radius 3 is 2.42 bits per heavy atom. The zero-order chi connectivity index (χ0) is 22.8. The summed E-state index contributed by atoms with van der Waals surface area (Å²) in [6, 6.07) is 3.91. The van der Waals surface area contributed by atoms with Gasteiger partial charge in [-0.3, -0.25) is 9.59 Å². The van der Waals surface area contributed by atoms with E-state index in [0.717, 1.165) is 37.1 Å². The van der Waals surface area contributed by atoms with Gasteiger partial charge in [0.1, 0.15) is 11.6 Å². The van der Waals surface area contributed by atoms with Crippen molar-refractivity contribution in [1.82, 2.24) is 20.3 Å². The van der Waals surface area contributed by atoms with Crippen molar-refractivity contribution in [1.29, 1.82) is 0 Å². The van der Waals surface area contributed by atoms with Crippen LogP contribution in [0.3, 0.4) is 0 Å². The highest BCUT2D eigenvalue weighted by Crippen LogP contribution is 2.37. The number of anilines is 1. The van der Waals surface area contributed by atoms with Gasteiger partial charge in [0, 0.05) is 30.0 Å². The molecule has 1 saturated carbocycles. The van der Waals surface area contributed by atoms with E-state index in [-0.39, 0.29) is 35.7 Å². The lowest BCUT2D eigenvalue weighted by atomic mass is 9.80. The molecule has 0 atom stereocenters. The molecule has 0 aromatic carbocycles. The van der Waals surface area contributed by atoms with Gasteiger partial charge < -0.3 is 15.2 Å². The number of carbonyl (C=O) groups is 2. The molecule has 0 unspecified atom stereocenters. The van der Waals surface area contributed by atoms with Crippen LogP contribution in [0.15, 0.2) is 16.7 Å². The zero-order valence-electron chi connectivity index (χ0n) is 19.5. The summed E-state index contributed by atoms with van der Waals surface area (Å²) in [6.45, 7) is 12.0. The third kappa shape index (κ3) is 5.95. The van der Waals surface area contributed by atoms with E-state index in [1.54, 1.807) is 6.07 Å². The van der Waals surface area contributed by atoms with Crippen LogP contribution in [0.4, 0.5) is 5.82 Å². The SMILES string of the molecule is Cc1cc(CC(=O)Nc2cc(C3CCC(C(=O)NC(C)C)CC3)nn2C(C)(C)C)on1. The maximum atomic E-state index is 12.6. The lowest BCUT2D eigenvalue weighted by Gasteiger charge is -2.27. The van der Waals surface area contributed by atoms with E-state index in [1.165, 1.54) is 0 Å². The minimum absolute atomic E-state index is 0.0767. The molecule has 0 aliphatic heterocycles. The van der Waals surface area contributed by atoms with Crippen LogP contribution in [-0.4, -0.2) is 32.8 Å². The average Bonchev–Trinajstić information content (AvgIpc) is 3.27. The number of hydrogen-bond donors (Lipinski definition) is 2. The second-order valence-electron chi connectivity index (χ2n) is 9.91. The summed E-state index contributed by atoms with van der Waals surface area (Å²) >= 11 is 0. The van der Waals surface area contributed by atoms with E-state index in [9.17, 15) is 9.59 Å². The number of amides is 2. The Bertz CT molecular complexity index is 914. The largest absolute Gasteiger partial charge is 0.361 e. The third-order valence-electron chi connectivity index (χ3n) is 5.59. The van der Waals surface area contributed by atoms with Crippen molar-refractivity contribution in [3.8, 4) is 0 Å². The molecule has 1 fully saturated rings. The molecule has 2 aromatic rings. The highest BCUT2D eigenvalue weighted by Gasteiger charge is 2.30. The molecule has 2 aromatic heterocycles. The Balaban J connectivity index is 1.69. The number of aromatic nitrogens is 3. The topological polar surface area (TPSA) is 102 Å². The molecule has 1 aliphatic carbocycles. The van der Waals surface area contributed by atoms with Crippen LogP contribution in [0, 0.1) is 12.8 Å². The second-order valence-corrected chi connectivity index (χ2v) is 9.91. The lowest BCUT2D eigenvalue weighted by molar-refractivity contribution is -0.126. The first kappa shape index (κ1) is 23.0. The maximum Gasteiger partial charge on any atom is 0.233 e. The van der Waals surface area contributed by atoms with Crippen LogP contribution in [0.25, 0.3) is 0 Å². The molecule has 3 rings (SSSR count). The first-order valence-corrected chi connectivity index (χ1v) is 11.2. The normalized spacial score (nSPS) is 19.5. The maximum absolute atomic E-state index is 12.6. The van der Waals surface area contributed by atoms with Gasteiger partial charge in [0.2, 0.25) is 11.8 Å². The summed E-state index contributed by atoms with van der Waals surface area (Å²) in [7, 11) is 0. The number of nitrogens with one attached hydrogen (secondary N) is 2. The van der Waals surface area contributed by atoms with Gasteiger partial charge in [-0.25, -0.2) is 4.68 Å². The van der Waals surface area contributed by atoms with Crippen molar-refractivity contribution in [3.63, 3.8) is 0 Å². The fourth-order valence-corrected chi connectivity index (χ4v) is 4.10. The smallest absolute Gasteiger partial charge is 0.233 e. The molecule has 8 heteroatoms. The monoisotopic (exact) mass is 429 g/mol. The van der Waals surface area contributed by atoms with Crippen molar-refractivity contribution in [3.05, 3.63) is 29.3 Å². The molecule has 0 spiro atoms. The average molecular weight is 430 g/mol. The van der Waals surface area contributed by atoms with E-state index in [1.807, 2.05) is 31.5 Å². The summed E-state index contributed by atoms with van der Waals surface area (Å²) < 4.78 is 7.04. The van der Waals surface area contributed by atoms with Crippen molar-refractivity contribution < 1.29 is 14.1 Å². The first-order chi connectivity index (χ1) is 14.5. The molecule has 0 saturated heterocycles.